The summed E-state index contributed by atoms with van der Waals surface area (Å²) >= 11 is 0. The molecule has 24 heavy (non-hydrogen) atoms. The van der Waals surface area contributed by atoms with Gasteiger partial charge in [0.05, 0.1) is 5.56 Å². The van der Waals surface area contributed by atoms with E-state index in [-0.39, 0.29) is 11.7 Å². The predicted octanol–water partition coefficient (Wildman–Crippen LogP) is 3.04. The first-order valence-electron chi connectivity index (χ1n) is 8.07. The van der Waals surface area contributed by atoms with Crippen LogP contribution in [-0.2, 0) is 0 Å². The summed E-state index contributed by atoms with van der Waals surface area (Å²) in [5.41, 5.74) is 2.74. The summed E-state index contributed by atoms with van der Waals surface area (Å²) < 4.78 is 15.0. The fourth-order valence-electron chi connectivity index (χ4n) is 3.17. The Kier molecular flexibility index (Phi) is 3.69. The highest BCUT2D eigenvalue weighted by molar-refractivity contribution is 5.95. The Balaban J connectivity index is 1.45. The lowest BCUT2D eigenvalue weighted by Gasteiger charge is -2.36. The van der Waals surface area contributed by atoms with Crippen molar-refractivity contribution in [2.75, 3.05) is 31.1 Å². The number of hydrogen-bond acceptors (Lipinski definition) is 2. The van der Waals surface area contributed by atoms with E-state index in [0.29, 0.717) is 13.1 Å². The molecule has 0 saturated carbocycles. The third-order valence-electron chi connectivity index (χ3n) is 4.51. The lowest BCUT2D eigenvalue weighted by Crippen LogP contribution is -2.48. The number of aromatic nitrogens is 1. The molecule has 2 aromatic heterocycles. The molecule has 1 fully saturated rings. The Bertz CT molecular complexity index is 831. The lowest BCUT2D eigenvalue weighted by molar-refractivity contribution is 0.0747. The fourth-order valence-corrected chi connectivity index (χ4v) is 3.17. The molecule has 0 aliphatic carbocycles. The molecule has 4 nitrogen and oxygen atoms in total. The van der Waals surface area contributed by atoms with E-state index < -0.39 is 0 Å². The van der Waals surface area contributed by atoms with Crippen LogP contribution in [0.1, 0.15) is 10.4 Å². The molecule has 0 N–H and O–H groups in total. The van der Waals surface area contributed by atoms with Gasteiger partial charge in [-0.05, 0) is 42.5 Å². The van der Waals surface area contributed by atoms with Gasteiger partial charge in [0.25, 0.3) is 5.91 Å². The number of carbonyl (C=O) groups is 1. The average molecular weight is 323 g/mol. The fraction of sp³-hybridized carbons (Fsp3) is 0.211. The summed E-state index contributed by atoms with van der Waals surface area (Å²) in [6, 6.07) is 14.3. The van der Waals surface area contributed by atoms with Gasteiger partial charge in [-0.25, -0.2) is 4.39 Å². The maximum Gasteiger partial charge on any atom is 0.255 e. The molecule has 5 heteroatoms. The minimum absolute atomic E-state index is 0.0671. The van der Waals surface area contributed by atoms with Gasteiger partial charge in [0.2, 0.25) is 0 Å². The van der Waals surface area contributed by atoms with E-state index in [2.05, 4.69) is 4.90 Å². The van der Waals surface area contributed by atoms with Gasteiger partial charge in [-0.15, -0.1) is 0 Å². The maximum absolute atomic E-state index is 13.0. The van der Waals surface area contributed by atoms with Crippen LogP contribution in [0, 0.1) is 5.82 Å². The number of anilines is 1. The van der Waals surface area contributed by atoms with Gasteiger partial charge in [-0.3, -0.25) is 4.79 Å². The Hall–Kier alpha value is -2.82. The quantitative estimate of drug-likeness (QED) is 0.725. The second-order valence-corrected chi connectivity index (χ2v) is 6.02. The van der Waals surface area contributed by atoms with Crippen molar-refractivity contribution >= 4 is 17.1 Å². The van der Waals surface area contributed by atoms with Gasteiger partial charge in [0.15, 0.2) is 0 Å². The largest absolute Gasteiger partial charge is 0.368 e. The van der Waals surface area contributed by atoms with E-state index in [1.807, 2.05) is 46.0 Å². The van der Waals surface area contributed by atoms with Crippen molar-refractivity contribution in [2.45, 2.75) is 0 Å². The number of hydrogen-bond donors (Lipinski definition) is 0. The van der Waals surface area contributed by atoms with Crippen molar-refractivity contribution in [3.05, 3.63) is 72.3 Å². The molecular weight excluding hydrogens is 305 g/mol. The van der Waals surface area contributed by atoms with E-state index in [0.717, 1.165) is 29.9 Å². The van der Waals surface area contributed by atoms with Crippen molar-refractivity contribution in [2.24, 2.45) is 0 Å². The minimum Gasteiger partial charge on any atom is -0.368 e. The first kappa shape index (κ1) is 14.8. The van der Waals surface area contributed by atoms with Gasteiger partial charge in [0, 0.05) is 49.8 Å². The number of rotatable bonds is 2. The number of amides is 1. The van der Waals surface area contributed by atoms with E-state index in [1.165, 1.54) is 12.1 Å². The summed E-state index contributed by atoms with van der Waals surface area (Å²) in [5, 5.41) is 0. The van der Waals surface area contributed by atoms with Gasteiger partial charge in [-0.1, -0.05) is 6.07 Å². The highest BCUT2D eigenvalue weighted by Crippen LogP contribution is 2.18. The van der Waals surface area contributed by atoms with Gasteiger partial charge < -0.3 is 14.2 Å². The first-order chi connectivity index (χ1) is 11.7. The lowest BCUT2D eigenvalue weighted by atomic mass is 10.2. The third-order valence-corrected chi connectivity index (χ3v) is 4.51. The van der Waals surface area contributed by atoms with Crippen molar-refractivity contribution < 1.29 is 9.18 Å². The smallest absolute Gasteiger partial charge is 0.255 e. The molecule has 1 saturated heterocycles. The van der Waals surface area contributed by atoms with Crippen LogP contribution in [0.2, 0.25) is 0 Å². The summed E-state index contributed by atoms with van der Waals surface area (Å²) in [7, 11) is 0. The van der Waals surface area contributed by atoms with Crippen LogP contribution >= 0.6 is 0 Å². The molecule has 0 radical (unpaired) electrons. The number of piperazine rings is 1. The molecule has 1 aliphatic heterocycles. The molecule has 3 aromatic rings. The van der Waals surface area contributed by atoms with E-state index >= 15 is 0 Å². The monoisotopic (exact) mass is 323 g/mol. The number of halogens is 1. The normalized spacial score (nSPS) is 15.0. The van der Waals surface area contributed by atoms with Gasteiger partial charge in [0.1, 0.15) is 5.82 Å². The van der Waals surface area contributed by atoms with Crippen LogP contribution in [0.3, 0.4) is 0 Å². The van der Waals surface area contributed by atoms with Crippen molar-refractivity contribution in [3.63, 3.8) is 0 Å². The van der Waals surface area contributed by atoms with Gasteiger partial charge >= 0.3 is 0 Å². The van der Waals surface area contributed by atoms with Crippen molar-refractivity contribution in [1.82, 2.24) is 9.30 Å². The van der Waals surface area contributed by atoms with Crippen LogP contribution in [0.25, 0.3) is 5.52 Å². The van der Waals surface area contributed by atoms with E-state index in [9.17, 15) is 9.18 Å². The maximum atomic E-state index is 13.0. The summed E-state index contributed by atoms with van der Waals surface area (Å²) in [6.07, 6.45) is 3.82. The predicted molar refractivity (Wildman–Crippen MR) is 91.9 cm³/mol. The Labute approximate surface area is 139 Å². The molecule has 0 unspecified atom stereocenters. The molecule has 3 heterocycles. The van der Waals surface area contributed by atoms with Crippen LogP contribution in [0.15, 0.2) is 60.9 Å². The Morgan fingerprint density at radius 2 is 1.71 bits per heavy atom. The average Bonchev–Trinajstić information content (AvgIpc) is 3.06. The third kappa shape index (κ3) is 2.73. The van der Waals surface area contributed by atoms with Crippen molar-refractivity contribution in [1.29, 1.82) is 0 Å². The first-order valence-corrected chi connectivity index (χ1v) is 8.07. The molecule has 0 atom stereocenters. The zero-order valence-corrected chi connectivity index (χ0v) is 13.2. The molecule has 4 rings (SSSR count). The zero-order chi connectivity index (χ0) is 16.5. The molecule has 1 amide bonds. The van der Waals surface area contributed by atoms with E-state index in [1.54, 1.807) is 12.1 Å². The topological polar surface area (TPSA) is 28.0 Å². The van der Waals surface area contributed by atoms with Crippen LogP contribution < -0.4 is 4.90 Å². The van der Waals surface area contributed by atoms with Gasteiger partial charge in [-0.2, -0.15) is 0 Å². The molecule has 122 valence electrons. The number of pyridine rings is 1. The highest BCUT2D eigenvalue weighted by Gasteiger charge is 2.23. The molecular formula is C19H18FN3O. The highest BCUT2D eigenvalue weighted by atomic mass is 19.1. The van der Waals surface area contributed by atoms with Crippen LogP contribution in [-0.4, -0.2) is 41.4 Å². The summed E-state index contributed by atoms with van der Waals surface area (Å²) in [6.45, 7) is 2.85. The van der Waals surface area contributed by atoms with Crippen LogP contribution in [0.5, 0.6) is 0 Å². The number of fused-ring (bicyclic) bond motifs is 1. The standard InChI is InChI=1S/C19H18FN3O/c20-16-4-6-17(7-5-16)21-9-11-22(12-10-21)19(24)15-13-18-3-1-2-8-23(18)14-15/h1-8,13-14H,9-12H2. The summed E-state index contributed by atoms with van der Waals surface area (Å²) in [4.78, 5) is 16.8. The second kappa shape index (κ2) is 6.00. The molecule has 0 bridgehead atoms. The second-order valence-electron chi connectivity index (χ2n) is 6.02. The number of nitrogens with zero attached hydrogens (tertiary/aromatic N) is 3. The number of carbonyl (C=O) groups excluding carboxylic acids is 1. The Morgan fingerprint density at radius 3 is 2.42 bits per heavy atom. The minimum atomic E-state index is -0.228. The molecule has 0 spiro atoms. The van der Waals surface area contributed by atoms with E-state index in [4.69, 9.17) is 0 Å². The number of benzene rings is 1. The molecule has 1 aliphatic rings. The van der Waals surface area contributed by atoms with Crippen molar-refractivity contribution in [3.8, 4) is 0 Å². The SMILES string of the molecule is O=C(c1cc2ccccn2c1)N1CCN(c2ccc(F)cc2)CC1. The zero-order valence-electron chi connectivity index (χ0n) is 13.2. The Morgan fingerprint density at radius 1 is 0.958 bits per heavy atom. The molecule has 1 aromatic carbocycles. The summed E-state index contributed by atoms with van der Waals surface area (Å²) in [5.74, 6) is -0.161. The van der Waals surface area contributed by atoms with Crippen LogP contribution in [0.4, 0.5) is 10.1 Å².